The van der Waals surface area contributed by atoms with Crippen molar-refractivity contribution in [1.29, 1.82) is 0 Å². The maximum absolute atomic E-state index is 15.1. The summed E-state index contributed by atoms with van der Waals surface area (Å²) in [5, 5.41) is 0.769. The van der Waals surface area contributed by atoms with Crippen molar-refractivity contribution in [3.8, 4) is 16.9 Å². The summed E-state index contributed by atoms with van der Waals surface area (Å²) < 4.78 is 16.6. The molecule has 3 aromatic heterocycles. The van der Waals surface area contributed by atoms with Gasteiger partial charge in [0.15, 0.2) is 5.65 Å². The van der Waals surface area contributed by atoms with Crippen molar-refractivity contribution < 1.29 is 9.18 Å². The van der Waals surface area contributed by atoms with E-state index in [-0.39, 0.29) is 40.2 Å². The van der Waals surface area contributed by atoms with Crippen LogP contribution in [0.5, 0.6) is 0 Å². The quantitative estimate of drug-likeness (QED) is 0.266. The Bertz CT molecular complexity index is 1790. The van der Waals surface area contributed by atoms with Crippen LogP contribution in [0.4, 0.5) is 10.2 Å². The highest BCUT2D eigenvalue weighted by Gasteiger charge is 2.34. The summed E-state index contributed by atoms with van der Waals surface area (Å²) in [7, 11) is 0. The van der Waals surface area contributed by atoms with Gasteiger partial charge in [-0.1, -0.05) is 43.7 Å². The van der Waals surface area contributed by atoms with E-state index in [2.05, 4.69) is 16.5 Å². The maximum atomic E-state index is 15.1. The van der Waals surface area contributed by atoms with Crippen molar-refractivity contribution in [3.05, 3.63) is 87.3 Å². The summed E-state index contributed by atoms with van der Waals surface area (Å²) in [6.07, 6.45) is 3.03. The Kier molecular flexibility index (Phi) is 7.90. The van der Waals surface area contributed by atoms with Crippen LogP contribution in [-0.4, -0.2) is 55.5 Å². The molecular formula is C32H34ClFN6O2. The molecule has 2 unspecified atom stereocenters. The molecule has 1 amide bonds. The summed E-state index contributed by atoms with van der Waals surface area (Å²) in [4.78, 5) is 44.4. The number of hydrogen-bond acceptors (Lipinski definition) is 6. The van der Waals surface area contributed by atoms with Crippen LogP contribution in [0.25, 0.3) is 28.0 Å². The first-order valence-corrected chi connectivity index (χ1v) is 14.4. The van der Waals surface area contributed by atoms with E-state index in [1.54, 1.807) is 29.3 Å². The van der Waals surface area contributed by atoms with E-state index in [1.165, 1.54) is 16.7 Å². The SMILES string of the molecule is C=CC(=O)N1CC(C)N(c2nc(=O)n(-c3c(C)ccnc3C(C)C)c3nc(-c4cc(C)ccc4F)c(Cl)cc23)CC1C. The Morgan fingerprint density at radius 1 is 1.12 bits per heavy atom. The van der Waals surface area contributed by atoms with Crippen molar-refractivity contribution in [2.45, 2.75) is 59.5 Å². The van der Waals surface area contributed by atoms with Crippen LogP contribution in [0, 0.1) is 19.7 Å². The van der Waals surface area contributed by atoms with E-state index in [9.17, 15) is 9.59 Å². The van der Waals surface area contributed by atoms with E-state index >= 15 is 4.39 Å². The third-order valence-electron chi connectivity index (χ3n) is 7.82. The standard InChI is InChI=1S/C32H34ClFN6O2/c1-8-26(41)38-15-21(7)39(16-20(38)6)30-23-14-24(33)28(22-13-18(4)9-10-25(22)34)36-31(23)40(32(42)37-30)29-19(5)11-12-35-27(29)17(2)3/h8-14,17,20-21H,1,15-16H2,2-7H3. The van der Waals surface area contributed by atoms with E-state index in [0.29, 0.717) is 41.3 Å². The predicted molar refractivity (Wildman–Crippen MR) is 165 cm³/mol. The van der Waals surface area contributed by atoms with Gasteiger partial charge in [0.25, 0.3) is 0 Å². The lowest BCUT2D eigenvalue weighted by Gasteiger charge is -2.44. The molecule has 0 spiro atoms. The van der Waals surface area contributed by atoms with Crippen molar-refractivity contribution >= 4 is 34.4 Å². The average Bonchev–Trinajstić information content (AvgIpc) is 2.95. The molecule has 10 heteroatoms. The fourth-order valence-electron chi connectivity index (χ4n) is 5.67. The van der Waals surface area contributed by atoms with E-state index < -0.39 is 11.5 Å². The number of piperazine rings is 1. The lowest BCUT2D eigenvalue weighted by atomic mass is 10.0. The fourth-order valence-corrected chi connectivity index (χ4v) is 5.92. The Morgan fingerprint density at radius 2 is 1.86 bits per heavy atom. The maximum Gasteiger partial charge on any atom is 0.355 e. The first-order valence-electron chi connectivity index (χ1n) is 14.0. The van der Waals surface area contributed by atoms with Crippen LogP contribution < -0.4 is 10.6 Å². The van der Waals surface area contributed by atoms with Gasteiger partial charge in [-0.05, 0) is 69.5 Å². The zero-order valence-corrected chi connectivity index (χ0v) is 25.4. The Balaban J connectivity index is 1.84. The molecule has 1 fully saturated rings. The number of rotatable bonds is 5. The van der Waals surface area contributed by atoms with Crippen LogP contribution in [-0.2, 0) is 4.79 Å². The number of halogens is 2. The highest BCUT2D eigenvalue weighted by molar-refractivity contribution is 6.33. The number of pyridine rings is 2. The number of nitrogens with zero attached hydrogens (tertiary/aromatic N) is 6. The van der Waals surface area contributed by atoms with Crippen LogP contribution >= 0.6 is 11.6 Å². The van der Waals surface area contributed by atoms with E-state index in [0.717, 1.165) is 11.1 Å². The first kappa shape index (κ1) is 29.4. The van der Waals surface area contributed by atoms with Gasteiger partial charge < -0.3 is 9.80 Å². The molecule has 8 nitrogen and oxygen atoms in total. The number of amides is 1. The molecule has 1 saturated heterocycles. The molecule has 0 saturated carbocycles. The molecule has 42 heavy (non-hydrogen) atoms. The monoisotopic (exact) mass is 588 g/mol. The van der Waals surface area contributed by atoms with Gasteiger partial charge in [0.1, 0.15) is 11.6 Å². The second kappa shape index (κ2) is 11.3. The van der Waals surface area contributed by atoms with Gasteiger partial charge in [0.05, 0.1) is 27.5 Å². The van der Waals surface area contributed by atoms with Crippen LogP contribution in [0.15, 0.2) is 54.0 Å². The molecule has 1 aliphatic heterocycles. The van der Waals surface area contributed by atoms with Crippen molar-refractivity contribution in [1.82, 2.24) is 24.4 Å². The smallest absolute Gasteiger partial charge is 0.349 e. The van der Waals surface area contributed by atoms with Crippen molar-refractivity contribution in [3.63, 3.8) is 0 Å². The number of carbonyl (C=O) groups excluding carboxylic acids is 1. The van der Waals surface area contributed by atoms with Gasteiger partial charge >= 0.3 is 5.69 Å². The van der Waals surface area contributed by atoms with E-state index in [1.807, 2.05) is 52.5 Å². The fraction of sp³-hybridized carbons (Fsp3) is 0.344. The minimum absolute atomic E-state index is 0.00105. The number of anilines is 1. The number of carbonyl (C=O) groups is 1. The molecule has 2 atom stereocenters. The molecule has 4 aromatic rings. The zero-order valence-electron chi connectivity index (χ0n) is 24.7. The van der Waals surface area contributed by atoms with Crippen molar-refractivity contribution in [2.75, 3.05) is 18.0 Å². The van der Waals surface area contributed by atoms with Gasteiger partial charge in [-0.15, -0.1) is 0 Å². The van der Waals surface area contributed by atoms with Gasteiger partial charge in [-0.3, -0.25) is 9.78 Å². The molecular weight excluding hydrogens is 555 g/mol. The largest absolute Gasteiger partial charge is 0.355 e. The third kappa shape index (κ3) is 5.06. The van der Waals surface area contributed by atoms with Gasteiger partial charge in [0, 0.05) is 36.9 Å². The highest BCUT2D eigenvalue weighted by atomic mass is 35.5. The number of aromatic nitrogens is 4. The lowest BCUT2D eigenvalue weighted by molar-refractivity contribution is -0.128. The predicted octanol–water partition coefficient (Wildman–Crippen LogP) is 5.99. The number of aryl methyl sites for hydroxylation is 2. The summed E-state index contributed by atoms with van der Waals surface area (Å²) in [6.45, 7) is 16.2. The van der Waals surface area contributed by atoms with Gasteiger partial charge in [0.2, 0.25) is 5.91 Å². The Morgan fingerprint density at radius 3 is 2.55 bits per heavy atom. The highest BCUT2D eigenvalue weighted by Crippen LogP contribution is 2.37. The second-order valence-corrected chi connectivity index (χ2v) is 11.7. The molecule has 0 bridgehead atoms. The zero-order chi connectivity index (χ0) is 30.5. The van der Waals surface area contributed by atoms with Crippen LogP contribution in [0.2, 0.25) is 5.02 Å². The topological polar surface area (TPSA) is 84.2 Å². The molecule has 5 rings (SSSR count). The minimum Gasteiger partial charge on any atom is -0.349 e. The molecule has 218 valence electrons. The normalized spacial score (nSPS) is 17.3. The number of hydrogen-bond donors (Lipinski definition) is 0. The molecule has 0 aliphatic carbocycles. The first-order chi connectivity index (χ1) is 19.9. The van der Waals surface area contributed by atoms with Crippen LogP contribution in [0.1, 0.15) is 50.4 Å². The molecule has 1 aromatic carbocycles. The molecule has 0 N–H and O–H groups in total. The lowest BCUT2D eigenvalue weighted by Crippen LogP contribution is -2.58. The summed E-state index contributed by atoms with van der Waals surface area (Å²) in [6, 6.07) is 7.96. The van der Waals surface area contributed by atoms with Gasteiger partial charge in [-0.25, -0.2) is 18.7 Å². The Labute approximate surface area is 249 Å². The number of fused-ring (bicyclic) bond motifs is 1. The summed E-state index contributed by atoms with van der Waals surface area (Å²) >= 11 is 6.83. The van der Waals surface area contributed by atoms with E-state index in [4.69, 9.17) is 16.6 Å². The third-order valence-corrected chi connectivity index (χ3v) is 8.11. The Hall–Kier alpha value is -4.11. The number of benzene rings is 1. The molecule has 1 aliphatic rings. The minimum atomic E-state index is -0.537. The average molecular weight is 589 g/mol. The molecule has 4 heterocycles. The summed E-state index contributed by atoms with van der Waals surface area (Å²) in [5.74, 6) is -0.207. The summed E-state index contributed by atoms with van der Waals surface area (Å²) in [5.41, 5.74) is 3.21. The molecule has 0 radical (unpaired) electrons. The van der Waals surface area contributed by atoms with Crippen molar-refractivity contribution in [2.24, 2.45) is 0 Å². The second-order valence-electron chi connectivity index (χ2n) is 11.3. The van der Waals surface area contributed by atoms with Gasteiger partial charge in [-0.2, -0.15) is 4.98 Å². The van der Waals surface area contributed by atoms with Crippen LogP contribution in [0.3, 0.4) is 0 Å².